The minimum absolute atomic E-state index is 0.0467. The molecule has 1 aliphatic rings. The average molecular weight is 453 g/mol. The Hall–Kier alpha value is -2.74. The largest absolute Gasteiger partial charge is 0.484 e. The number of amides is 2. The van der Waals surface area contributed by atoms with Gasteiger partial charge in [0.1, 0.15) is 29.5 Å². The Morgan fingerprint density at radius 1 is 1.10 bits per heavy atom. The fourth-order valence-corrected chi connectivity index (χ4v) is 3.32. The van der Waals surface area contributed by atoms with Gasteiger partial charge >= 0.3 is 6.09 Å². The highest BCUT2D eigenvalue weighted by Crippen LogP contribution is 2.26. The molecule has 168 valence electrons. The summed E-state index contributed by atoms with van der Waals surface area (Å²) < 4.78 is 29.7. The van der Waals surface area contributed by atoms with Crippen molar-refractivity contribution in [1.29, 1.82) is 0 Å². The summed E-state index contributed by atoms with van der Waals surface area (Å²) in [4.78, 5) is 28.4. The van der Waals surface area contributed by atoms with Gasteiger partial charge in [0, 0.05) is 26.2 Å². The quantitative estimate of drug-likeness (QED) is 0.670. The number of furan rings is 1. The molecule has 0 unspecified atom stereocenters. The van der Waals surface area contributed by atoms with Crippen LogP contribution in [0.4, 0.5) is 9.18 Å². The number of carbonyl (C=O) groups is 2. The number of hydrogen-bond acceptors (Lipinski definition) is 5. The van der Waals surface area contributed by atoms with Crippen molar-refractivity contribution in [1.82, 2.24) is 9.80 Å². The number of carbonyl (C=O) groups excluding carboxylic acids is 2. The second-order valence-electron chi connectivity index (χ2n) is 8.24. The highest BCUT2D eigenvalue weighted by molar-refractivity contribution is 6.32. The van der Waals surface area contributed by atoms with Crippen LogP contribution in [0.15, 0.2) is 34.7 Å². The van der Waals surface area contributed by atoms with Crippen molar-refractivity contribution in [2.24, 2.45) is 0 Å². The molecule has 2 amide bonds. The molecule has 0 bridgehead atoms. The number of ether oxygens (including phenoxy) is 2. The van der Waals surface area contributed by atoms with Crippen molar-refractivity contribution < 1.29 is 27.9 Å². The highest BCUT2D eigenvalue weighted by atomic mass is 35.5. The molecule has 9 heteroatoms. The number of nitrogens with zero attached hydrogens (tertiary/aromatic N) is 2. The first-order valence-corrected chi connectivity index (χ1v) is 10.4. The van der Waals surface area contributed by atoms with Gasteiger partial charge in [-0.2, -0.15) is 0 Å². The normalized spacial score (nSPS) is 14.9. The Bertz CT molecular complexity index is 940. The lowest BCUT2D eigenvalue weighted by molar-refractivity contribution is 0.0255. The zero-order valence-electron chi connectivity index (χ0n) is 17.8. The topological polar surface area (TPSA) is 72.2 Å². The van der Waals surface area contributed by atoms with Crippen LogP contribution < -0.4 is 4.74 Å². The lowest BCUT2D eigenvalue weighted by Crippen LogP contribution is -2.40. The Balaban J connectivity index is 1.56. The molecule has 2 heterocycles. The van der Waals surface area contributed by atoms with E-state index in [9.17, 15) is 14.0 Å². The third kappa shape index (κ3) is 6.37. The highest BCUT2D eigenvalue weighted by Gasteiger charge is 2.27. The Kier molecular flexibility index (Phi) is 7.10. The summed E-state index contributed by atoms with van der Waals surface area (Å²) in [5.74, 6) is 0.244. The Morgan fingerprint density at radius 2 is 1.81 bits per heavy atom. The van der Waals surface area contributed by atoms with Crippen LogP contribution in [0.5, 0.6) is 5.75 Å². The monoisotopic (exact) mass is 452 g/mol. The van der Waals surface area contributed by atoms with Crippen molar-refractivity contribution in [3.8, 4) is 5.75 Å². The summed E-state index contributed by atoms with van der Waals surface area (Å²) in [5, 5.41) is 0.155. The maximum atomic E-state index is 13.1. The van der Waals surface area contributed by atoms with Gasteiger partial charge in [-0.3, -0.25) is 4.79 Å². The van der Waals surface area contributed by atoms with Crippen molar-refractivity contribution in [2.45, 2.75) is 39.4 Å². The molecule has 1 aromatic carbocycles. The van der Waals surface area contributed by atoms with Gasteiger partial charge in [0.05, 0.1) is 5.02 Å². The summed E-state index contributed by atoms with van der Waals surface area (Å²) in [6, 6.07) is 7.08. The van der Waals surface area contributed by atoms with Crippen LogP contribution in [0.2, 0.25) is 5.02 Å². The van der Waals surface area contributed by atoms with Crippen molar-refractivity contribution in [2.75, 3.05) is 26.2 Å². The van der Waals surface area contributed by atoms with Gasteiger partial charge in [-0.05, 0) is 57.5 Å². The minimum atomic E-state index is -0.566. The lowest BCUT2D eigenvalue weighted by Gasteiger charge is -2.26. The van der Waals surface area contributed by atoms with Crippen LogP contribution in [0.25, 0.3) is 0 Å². The molecule has 3 rings (SSSR count). The average Bonchev–Trinajstić information content (AvgIpc) is 3.01. The zero-order valence-corrected chi connectivity index (χ0v) is 18.6. The first-order valence-electron chi connectivity index (χ1n) is 10.1. The van der Waals surface area contributed by atoms with Crippen LogP contribution in [0, 0.1) is 5.82 Å². The molecular weight excluding hydrogens is 427 g/mol. The number of rotatable bonds is 4. The molecule has 1 fully saturated rings. The van der Waals surface area contributed by atoms with Gasteiger partial charge in [0.2, 0.25) is 0 Å². The number of hydrogen-bond donors (Lipinski definition) is 0. The molecule has 31 heavy (non-hydrogen) atoms. The standard InChI is InChI=1S/C22H26ClFN2O5/c1-22(2,3)31-21(28)26-10-4-9-25(11-12-26)20(27)19-8-6-16(30-19)14-29-18-7-5-15(24)13-17(18)23/h5-8,13H,4,9-12,14H2,1-3H3. The third-order valence-electron chi connectivity index (χ3n) is 4.57. The van der Waals surface area contributed by atoms with Gasteiger partial charge in [0.15, 0.2) is 5.76 Å². The SMILES string of the molecule is CC(C)(C)OC(=O)N1CCCN(C(=O)c2ccc(COc3ccc(F)cc3Cl)o2)CC1. The lowest BCUT2D eigenvalue weighted by atomic mass is 10.2. The molecule has 0 N–H and O–H groups in total. The van der Waals surface area contributed by atoms with E-state index in [1.165, 1.54) is 12.1 Å². The van der Waals surface area contributed by atoms with Crippen LogP contribution in [0.3, 0.4) is 0 Å². The van der Waals surface area contributed by atoms with E-state index in [1.807, 2.05) is 20.8 Å². The van der Waals surface area contributed by atoms with Gasteiger partial charge in [-0.25, -0.2) is 9.18 Å². The molecule has 1 aliphatic heterocycles. The first kappa shape index (κ1) is 22.9. The van der Waals surface area contributed by atoms with Gasteiger partial charge in [-0.15, -0.1) is 0 Å². The van der Waals surface area contributed by atoms with Crippen molar-refractivity contribution >= 4 is 23.6 Å². The molecule has 0 atom stereocenters. The first-order chi connectivity index (χ1) is 14.6. The van der Waals surface area contributed by atoms with E-state index in [4.69, 9.17) is 25.5 Å². The molecule has 1 saturated heterocycles. The maximum Gasteiger partial charge on any atom is 0.410 e. The molecule has 0 radical (unpaired) electrons. The maximum absolute atomic E-state index is 13.1. The fourth-order valence-electron chi connectivity index (χ4n) is 3.10. The fraction of sp³-hybridized carbons (Fsp3) is 0.455. The molecule has 0 aliphatic carbocycles. The number of benzene rings is 1. The van der Waals surface area contributed by atoms with Crippen molar-refractivity contribution in [3.63, 3.8) is 0 Å². The molecule has 0 spiro atoms. The zero-order chi connectivity index (χ0) is 22.6. The van der Waals surface area contributed by atoms with E-state index in [1.54, 1.807) is 21.9 Å². The van der Waals surface area contributed by atoms with E-state index >= 15 is 0 Å². The molecule has 2 aromatic rings. The third-order valence-corrected chi connectivity index (χ3v) is 4.87. The second-order valence-corrected chi connectivity index (χ2v) is 8.65. The predicted octanol–water partition coefficient (Wildman–Crippen LogP) is 4.73. The minimum Gasteiger partial charge on any atom is -0.484 e. The molecular formula is C22H26ClFN2O5. The summed E-state index contributed by atoms with van der Waals surface area (Å²) in [5.41, 5.74) is -0.566. The van der Waals surface area contributed by atoms with Gasteiger partial charge < -0.3 is 23.7 Å². The summed E-state index contributed by atoms with van der Waals surface area (Å²) >= 11 is 5.94. The van der Waals surface area contributed by atoms with Crippen LogP contribution in [-0.4, -0.2) is 53.6 Å². The van der Waals surface area contributed by atoms with Crippen LogP contribution >= 0.6 is 11.6 Å². The van der Waals surface area contributed by atoms with E-state index in [2.05, 4.69) is 0 Å². The van der Waals surface area contributed by atoms with Crippen molar-refractivity contribution in [3.05, 3.63) is 52.7 Å². The molecule has 1 aromatic heterocycles. The molecule has 0 saturated carbocycles. The summed E-state index contributed by atoms with van der Waals surface area (Å²) in [6.45, 7) is 7.31. The summed E-state index contributed by atoms with van der Waals surface area (Å²) in [7, 11) is 0. The number of halogens is 2. The Labute approximate surface area is 185 Å². The van der Waals surface area contributed by atoms with E-state index in [0.29, 0.717) is 44.1 Å². The summed E-state index contributed by atoms with van der Waals surface area (Å²) in [6.07, 6.45) is 0.267. The smallest absolute Gasteiger partial charge is 0.410 e. The second kappa shape index (κ2) is 9.60. The van der Waals surface area contributed by atoms with E-state index < -0.39 is 11.4 Å². The van der Waals surface area contributed by atoms with Gasteiger partial charge in [-0.1, -0.05) is 11.6 Å². The van der Waals surface area contributed by atoms with E-state index in [-0.39, 0.29) is 29.4 Å². The Morgan fingerprint density at radius 3 is 2.52 bits per heavy atom. The van der Waals surface area contributed by atoms with Gasteiger partial charge in [0.25, 0.3) is 5.91 Å². The molecule has 7 nitrogen and oxygen atoms in total. The van der Waals surface area contributed by atoms with Crippen LogP contribution in [0.1, 0.15) is 43.5 Å². The van der Waals surface area contributed by atoms with E-state index in [0.717, 1.165) is 6.07 Å². The van der Waals surface area contributed by atoms with Crippen LogP contribution in [-0.2, 0) is 11.3 Å². The predicted molar refractivity (Wildman–Crippen MR) is 113 cm³/mol.